The first kappa shape index (κ1) is 22.0. The zero-order valence-electron chi connectivity index (χ0n) is 17.2. The largest absolute Gasteiger partial charge is 0.448 e. The number of hydrogen-bond acceptors (Lipinski definition) is 6. The molecule has 0 aliphatic carbocycles. The molecule has 0 aromatic heterocycles. The van der Waals surface area contributed by atoms with E-state index in [0.717, 1.165) is 5.56 Å². The van der Waals surface area contributed by atoms with Crippen LogP contribution in [0.4, 0.5) is 5.69 Å². The molecule has 3 N–H and O–H groups in total. The number of fused-ring (bicyclic) bond motifs is 1. The zero-order chi connectivity index (χ0) is 22.9. The van der Waals surface area contributed by atoms with Crippen LogP contribution in [0.2, 0.25) is 0 Å². The second-order valence-electron chi connectivity index (χ2n) is 7.91. The number of nitrogens with two attached hydrogens (primary N) is 1. The Morgan fingerprint density at radius 3 is 2.34 bits per heavy atom. The van der Waals surface area contributed by atoms with Crippen molar-refractivity contribution in [3.8, 4) is 0 Å². The number of esters is 1. The van der Waals surface area contributed by atoms with E-state index in [-0.39, 0.29) is 22.6 Å². The number of benzene rings is 2. The Bertz CT molecular complexity index is 1150. The first-order valence-electron chi connectivity index (χ1n) is 10.2. The average Bonchev–Trinajstić information content (AvgIpc) is 2.78. The van der Waals surface area contributed by atoms with Crippen molar-refractivity contribution in [3.63, 3.8) is 0 Å². The molecule has 2 aromatic rings. The number of rotatable bonds is 4. The number of cyclic esters (lactones) is 1. The molecule has 0 unspecified atom stereocenters. The van der Waals surface area contributed by atoms with Gasteiger partial charge < -0.3 is 15.0 Å². The third-order valence-electron chi connectivity index (χ3n) is 5.80. The minimum absolute atomic E-state index is 0.0339. The van der Waals surface area contributed by atoms with Crippen molar-refractivity contribution in [2.75, 3.05) is 18.4 Å². The van der Waals surface area contributed by atoms with Crippen molar-refractivity contribution in [1.29, 1.82) is 0 Å². The number of hydrogen-bond donors (Lipinski definition) is 2. The van der Waals surface area contributed by atoms with E-state index in [9.17, 15) is 22.8 Å². The monoisotopic (exact) mass is 457 g/mol. The van der Waals surface area contributed by atoms with Gasteiger partial charge in [-0.1, -0.05) is 18.2 Å². The fraction of sp³-hybridized carbons (Fsp3) is 0.318. The molecule has 0 bridgehead atoms. The number of carbonyl (C=O) groups is 3. The van der Waals surface area contributed by atoms with Crippen molar-refractivity contribution >= 4 is 33.5 Å². The van der Waals surface area contributed by atoms with E-state index in [1.165, 1.54) is 24.3 Å². The fourth-order valence-corrected chi connectivity index (χ4v) is 4.52. The average molecular weight is 458 g/mol. The summed E-state index contributed by atoms with van der Waals surface area (Å²) in [5.74, 6) is -1.22. The highest BCUT2D eigenvalue weighted by Gasteiger charge is 2.36. The summed E-state index contributed by atoms with van der Waals surface area (Å²) in [6.07, 6.45) is 0.448. The lowest BCUT2D eigenvalue weighted by Crippen LogP contribution is -2.48. The number of primary sulfonamides is 1. The Balaban J connectivity index is 1.31. The van der Waals surface area contributed by atoms with Crippen LogP contribution >= 0.6 is 0 Å². The summed E-state index contributed by atoms with van der Waals surface area (Å²) in [5, 5.41) is 7.84. The van der Waals surface area contributed by atoms with E-state index >= 15 is 0 Å². The number of sulfonamides is 1. The van der Waals surface area contributed by atoms with Gasteiger partial charge in [-0.2, -0.15) is 0 Å². The van der Waals surface area contributed by atoms with Gasteiger partial charge in [0.05, 0.1) is 10.5 Å². The second-order valence-corrected chi connectivity index (χ2v) is 9.47. The predicted octanol–water partition coefficient (Wildman–Crippen LogP) is 1.29. The number of nitrogens with zero attached hydrogens (tertiary/aromatic N) is 1. The highest BCUT2D eigenvalue weighted by atomic mass is 32.2. The third kappa shape index (κ3) is 4.66. The van der Waals surface area contributed by atoms with E-state index in [0.29, 0.717) is 43.6 Å². The number of amides is 2. The smallest absolute Gasteiger partial charge is 0.339 e. The molecule has 9 nitrogen and oxygen atoms in total. The van der Waals surface area contributed by atoms with Crippen LogP contribution in [0.25, 0.3) is 0 Å². The molecule has 1 atom stereocenters. The Hall–Kier alpha value is -3.24. The summed E-state index contributed by atoms with van der Waals surface area (Å²) < 4.78 is 28.0. The molecule has 10 heteroatoms. The molecule has 168 valence electrons. The fourth-order valence-electron chi connectivity index (χ4n) is 4.01. The second kappa shape index (κ2) is 8.71. The SMILES string of the molecule is NS(=O)(=O)c1ccc(NC(=O)C2CCN(C(=O)[C@@H]3Cc4ccccc4C(=O)O3)CC2)cc1. The van der Waals surface area contributed by atoms with E-state index in [1.807, 2.05) is 12.1 Å². The van der Waals surface area contributed by atoms with Crippen molar-refractivity contribution in [1.82, 2.24) is 4.90 Å². The summed E-state index contributed by atoms with van der Waals surface area (Å²) >= 11 is 0. The number of likely N-dealkylation sites (tertiary alicyclic amines) is 1. The first-order chi connectivity index (χ1) is 15.2. The van der Waals surface area contributed by atoms with Gasteiger partial charge in [0.2, 0.25) is 15.9 Å². The molecule has 4 rings (SSSR count). The zero-order valence-corrected chi connectivity index (χ0v) is 18.0. The van der Waals surface area contributed by atoms with Crippen LogP contribution in [-0.4, -0.2) is 50.3 Å². The number of ether oxygens (including phenoxy) is 1. The van der Waals surface area contributed by atoms with Crippen LogP contribution in [0.15, 0.2) is 53.4 Å². The molecule has 2 heterocycles. The molecule has 0 radical (unpaired) electrons. The molecular formula is C22H23N3O6S. The van der Waals surface area contributed by atoms with Gasteiger partial charge in [-0.05, 0) is 48.7 Å². The lowest BCUT2D eigenvalue weighted by Gasteiger charge is -2.34. The number of carbonyl (C=O) groups excluding carboxylic acids is 3. The van der Waals surface area contributed by atoms with Gasteiger partial charge in [0.1, 0.15) is 0 Å². The Morgan fingerprint density at radius 1 is 1.03 bits per heavy atom. The van der Waals surface area contributed by atoms with Gasteiger partial charge in [0, 0.05) is 31.1 Å². The molecule has 2 amide bonds. The van der Waals surface area contributed by atoms with Gasteiger partial charge in [-0.15, -0.1) is 0 Å². The van der Waals surface area contributed by atoms with Crippen LogP contribution < -0.4 is 10.5 Å². The van der Waals surface area contributed by atoms with E-state index in [1.54, 1.807) is 17.0 Å². The first-order valence-corrected chi connectivity index (χ1v) is 11.8. The highest BCUT2D eigenvalue weighted by molar-refractivity contribution is 7.89. The summed E-state index contributed by atoms with van der Waals surface area (Å²) in [6.45, 7) is 0.772. The Kier molecular flexibility index (Phi) is 5.98. The molecule has 2 aliphatic heterocycles. The third-order valence-corrected chi connectivity index (χ3v) is 6.72. The van der Waals surface area contributed by atoms with Crippen molar-refractivity contribution in [3.05, 3.63) is 59.7 Å². The summed E-state index contributed by atoms with van der Waals surface area (Å²) in [4.78, 5) is 39.2. The van der Waals surface area contributed by atoms with Crippen molar-refractivity contribution < 1.29 is 27.5 Å². The van der Waals surface area contributed by atoms with Crippen LogP contribution in [0.1, 0.15) is 28.8 Å². The number of piperidine rings is 1. The van der Waals surface area contributed by atoms with Crippen LogP contribution in [0, 0.1) is 5.92 Å². The molecule has 0 spiro atoms. The minimum atomic E-state index is -3.79. The molecule has 0 saturated carbocycles. The Labute approximate surface area is 185 Å². The molecule has 2 aliphatic rings. The maximum Gasteiger partial charge on any atom is 0.339 e. The summed E-state index contributed by atoms with van der Waals surface area (Å²) in [5.41, 5.74) is 1.75. The van der Waals surface area contributed by atoms with Crippen LogP contribution in [0.5, 0.6) is 0 Å². The minimum Gasteiger partial charge on any atom is -0.448 e. The lowest BCUT2D eigenvalue weighted by atomic mass is 9.94. The van der Waals surface area contributed by atoms with Crippen molar-refractivity contribution in [2.45, 2.75) is 30.3 Å². The van der Waals surface area contributed by atoms with Gasteiger partial charge in [-0.25, -0.2) is 18.4 Å². The van der Waals surface area contributed by atoms with Crippen LogP contribution in [-0.2, 0) is 30.8 Å². The van der Waals surface area contributed by atoms with Gasteiger partial charge in [0.15, 0.2) is 6.10 Å². The Morgan fingerprint density at radius 2 is 1.69 bits per heavy atom. The lowest BCUT2D eigenvalue weighted by molar-refractivity contribution is -0.143. The molecule has 32 heavy (non-hydrogen) atoms. The topological polar surface area (TPSA) is 136 Å². The molecular weight excluding hydrogens is 434 g/mol. The predicted molar refractivity (Wildman–Crippen MR) is 115 cm³/mol. The van der Waals surface area contributed by atoms with E-state index in [2.05, 4.69) is 5.32 Å². The normalized spacial score (nSPS) is 19.1. The van der Waals surface area contributed by atoms with Gasteiger partial charge >= 0.3 is 5.97 Å². The van der Waals surface area contributed by atoms with Crippen molar-refractivity contribution in [2.24, 2.45) is 11.1 Å². The summed E-state index contributed by atoms with van der Waals surface area (Å²) in [6, 6.07) is 12.7. The highest BCUT2D eigenvalue weighted by Crippen LogP contribution is 2.25. The van der Waals surface area contributed by atoms with Gasteiger partial charge in [-0.3, -0.25) is 9.59 Å². The standard InChI is InChI=1S/C22H23N3O6S/c23-32(29,30)17-7-5-16(6-8-17)24-20(26)14-9-11-25(12-10-14)21(27)19-13-15-3-1-2-4-18(15)22(28)31-19/h1-8,14,19H,9-13H2,(H,24,26)(H2,23,29,30)/t19-/m0/s1. The molecule has 1 fully saturated rings. The molecule has 2 aromatic carbocycles. The molecule has 1 saturated heterocycles. The maximum absolute atomic E-state index is 12.9. The number of anilines is 1. The van der Waals surface area contributed by atoms with Crippen LogP contribution in [0.3, 0.4) is 0 Å². The van der Waals surface area contributed by atoms with E-state index in [4.69, 9.17) is 9.88 Å². The van der Waals surface area contributed by atoms with E-state index < -0.39 is 22.1 Å². The number of nitrogens with one attached hydrogen (secondary N) is 1. The maximum atomic E-state index is 12.9. The van der Waals surface area contributed by atoms with Gasteiger partial charge in [0.25, 0.3) is 5.91 Å². The summed E-state index contributed by atoms with van der Waals surface area (Å²) in [7, 11) is -3.79. The quantitative estimate of drug-likeness (QED) is 0.664.